The summed E-state index contributed by atoms with van der Waals surface area (Å²) < 4.78 is 0. The lowest BCUT2D eigenvalue weighted by Gasteiger charge is -2.09. The van der Waals surface area contributed by atoms with Crippen LogP contribution in [0.5, 0.6) is 0 Å². The summed E-state index contributed by atoms with van der Waals surface area (Å²) in [5, 5.41) is 0. The van der Waals surface area contributed by atoms with Gasteiger partial charge in [-0.3, -0.25) is 20.4 Å². The smallest absolute Gasteiger partial charge is 0.242 e. The first kappa shape index (κ1) is 15.8. The number of carbonyl (C=O) groups is 2. The van der Waals surface area contributed by atoms with Gasteiger partial charge >= 0.3 is 0 Å². The summed E-state index contributed by atoms with van der Waals surface area (Å²) in [5.74, 6) is -0.413. The molecule has 2 aromatic carbocycles. The minimum Gasteiger partial charge on any atom is -0.273 e. The Bertz CT molecular complexity index is 639. The molecule has 0 aliphatic rings. The van der Waals surface area contributed by atoms with E-state index in [0.29, 0.717) is 12.8 Å². The Labute approximate surface area is 130 Å². The molecule has 2 aromatic rings. The number of amides is 2. The molecule has 0 fully saturated rings. The van der Waals surface area contributed by atoms with Crippen LogP contribution in [0.2, 0.25) is 0 Å². The lowest BCUT2D eigenvalue weighted by molar-refractivity contribution is -0.128. The highest BCUT2D eigenvalue weighted by Crippen LogP contribution is 2.07. The fourth-order valence-electron chi connectivity index (χ4n) is 2.13. The summed E-state index contributed by atoms with van der Waals surface area (Å²) in [5.41, 5.74) is 8.03. The minimum absolute atomic E-state index is 0.193. The van der Waals surface area contributed by atoms with Crippen molar-refractivity contribution in [1.29, 1.82) is 0 Å². The summed E-state index contributed by atoms with van der Waals surface area (Å²) >= 11 is 0. The van der Waals surface area contributed by atoms with Gasteiger partial charge in [-0.25, -0.2) is 0 Å². The second kappa shape index (κ2) is 7.98. The van der Waals surface area contributed by atoms with Crippen LogP contribution in [-0.4, -0.2) is 11.8 Å². The summed E-state index contributed by atoms with van der Waals surface area (Å²) in [4.78, 5) is 23.5. The zero-order valence-corrected chi connectivity index (χ0v) is 12.6. The fourth-order valence-corrected chi connectivity index (χ4v) is 2.13. The van der Waals surface area contributed by atoms with Crippen LogP contribution in [0.25, 0.3) is 0 Å². The molecule has 2 N–H and O–H groups in total. The van der Waals surface area contributed by atoms with E-state index in [1.807, 2.05) is 61.5 Å². The normalized spacial score (nSPS) is 10.0. The number of carbonyl (C=O) groups excluding carboxylic acids is 2. The predicted molar refractivity (Wildman–Crippen MR) is 85.9 cm³/mol. The third kappa shape index (κ3) is 5.05. The SMILES string of the molecule is Cc1ccccc1CC(=O)NNC(=O)CCc1ccccc1. The highest BCUT2D eigenvalue weighted by molar-refractivity contribution is 5.83. The van der Waals surface area contributed by atoms with Gasteiger partial charge in [0.2, 0.25) is 11.8 Å². The van der Waals surface area contributed by atoms with Crippen LogP contribution in [0.1, 0.15) is 23.1 Å². The van der Waals surface area contributed by atoms with Gasteiger partial charge in [0.15, 0.2) is 0 Å². The summed E-state index contributed by atoms with van der Waals surface area (Å²) in [6.07, 6.45) is 1.25. The quantitative estimate of drug-likeness (QED) is 0.832. The number of benzene rings is 2. The molecule has 0 bridgehead atoms. The van der Waals surface area contributed by atoms with E-state index in [9.17, 15) is 9.59 Å². The van der Waals surface area contributed by atoms with Crippen LogP contribution < -0.4 is 10.9 Å². The van der Waals surface area contributed by atoms with E-state index in [1.165, 1.54) is 0 Å². The molecule has 22 heavy (non-hydrogen) atoms. The van der Waals surface area contributed by atoms with E-state index in [2.05, 4.69) is 10.9 Å². The van der Waals surface area contributed by atoms with Gasteiger partial charge in [0.25, 0.3) is 0 Å². The Morgan fingerprint density at radius 1 is 0.864 bits per heavy atom. The Morgan fingerprint density at radius 3 is 2.23 bits per heavy atom. The van der Waals surface area contributed by atoms with Crippen LogP contribution in [0.15, 0.2) is 54.6 Å². The highest BCUT2D eigenvalue weighted by atomic mass is 16.2. The van der Waals surface area contributed by atoms with Crippen LogP contribution in [0, 0.1) is 6.92 Å². The first-order valence-corrected chi connectivity index (χ1v) is 7.31. The van der Waals surface area contributed by atoms with Crippen LogP contribution >= 0.6 is 0 Å². The van der Waals surface area contributed by atoms with Gasteiger partial charge in [0.1, 0.15) is 0 Å². The average molecular weight is 296 g/mol. The molecule has 4 heteroatoms. The number of aryl methyl sites for hydroxylation is 2. The van der Waals surface area contributed by atoms with Crippen LogP contribution in [0.4, 0.5) is 0 Å². The Morgan fingerprint density at radius 2 is 1.50 bits per heavy atom. The maximum Gasteiger partial charge on any atom is 0.242 e. The van der Waals surface area contributed by atoms with Gasteiger partial charge in [-0.05, 0) is 30.0 Å². The second-order valence-electron chi connectivity index (χ2n) is 5.19. The molecule has 2 rings (SSSR count). The number of rotatable bonds is 5. The van der Waals surface area contributed by atoms with Gasteiger partial charge in [0, 0.05) is 6.42 Å². The molecule has 0 spiro atoms. The third-order valence-corrected chi connectivity index (χ3v) is 3.44. The lowest BCUT2D eigenvalue weighted by atomic mass is 10.1. The predicted octanol–water partition coefficient (Wildman–Crippen LogP) is 2.32. The molecular weight excluding hydrogens is 276 g/mol. The zero-order chi connectivity index (χ0) is 15.8. The maximum atomic E-state index is 11.8. The van der Waals surface area contributed by atoms with Crippen molar-refractivity contribution in [3.8, 4) is 0 Å². The van der Waals surface area contributed by atoms with Gasteiger partial charge in [0.05, 0.1) is 6.42 Å². The Hall–Kier alpha value is -2.62. The first-order valence-electron chi connectivity index (χ1n) is 7.31. The highest BCUT2D eigenvalue weighted by Gasteiger charge is 2.07. The van der Waals surface area contributed by atoms with E-state index < -0.39 is 0 Å². The summed E-state index contributed by atoms with van der Waals surface area (Å²) in [6.45, 7) is 1.96. The Balaban J connectivity index is 1.72. The van der Waals surface area contributed by atoms with Crippen molar-refractivity contribution < 1.29 is 9.59 Å². The van der Waals surface area contributed by atoms with E-state index in [0.717, 1.165) is 16.7 Å². The molecule has 0 heterocycles. The zero-order valence-electron chi connectivity index (χ0n) is 12.6. The number of nitrogens with one attached hydrogen (secondary N) is 2. The fraction of sp³-hybridized carbons (Fsp3) is 0.222. The number of hydrogen-bond donors (Lipinski definition) is 2. The van der Waals surface area contributed by atoms with Crippen molar-refractivity contribution in [3.63, 3.8) is 0 Å². The number of hydrazine groups is 1. The van der Waals surface area contributed by atoms with E-state index >= 15 is 0 Å². The first-order chi connectivity index (χ1) is 10.6. The molecular formula is C18H20N2O2. The molecule has 0 saturated carbocycles. The third-order valence-electron chi connectivity index (χ3n) is 3.44. The lowest BCUT2D eigenvalue weighted by Crippen LogP contribution is -2.42. The molecule has 0 aliphatic heterocycles. The largest absolute Gasteiger partial charge is 0.273 e. The molecule has 4 nitrogen and oxygen atoms in total. The summed E-state index contributed by atoms with van der Waals surface area (Å²) in [7, 11) is 0. The van der Waals surface area contributed by atoms with E-state index in [1.54, 1.807) is 0 Å². The van der Waals surface area contributed by atoms with Crippen molar-refractivity contribution >= 4 is 11.8 Å². The van der Waals surface area contributed by atoms with Gasteiger partial charge in [-0.1, -0.05) is 54.6 Å². The van der Waals surface area contributed by atoms with Crippen molar-refractivity contribution in [2.24, 2.45) is 0 Å². The number of hydrogen-bond acceptors (Lipinski definition) is 2. The van der Waals surface area contributed by atoms with E-state index in [4.69, 9.17) is 0 Å². The molecule has 0 aliphatic carbocycles. The van der Waals surface area contributed by atoms with Gasteiger partial charge in [-0.15, -0.1) is 0 Å². The van der Waals surface area contributed by atoms with Crippen molar-refractivity contribution in [2.75, 3.05) is 0 Å². The van der Waals surface area contributed by atoms with Crippen molar-refractivity contribution in [3.05, 3.63) is 71.3 Å². The Kier molecular flexibility index (Phi) is 5.72. The van der Waals surface area contributed by atoms with E-state index in [-0.39, 0.29) is 18.2 Å². The molecule has 0 aromatic heterocycles. The average Bonchev–Trinajstić information content (AvgIpc) is 2.54. The molecule has 114 valence electrons. The minimum atomic E-state index is -0.220. The molecule has 0 unspecified atom stereocenters. The van der Waals surface area contributed by atoms with Crippen LogP contribution in [0.3, 0.4) is 0 Å². The van der Waals surface area contributed by atoms with Crippen molar-refractivity contribution in [1.82, 2.24) is 10.9 Å². The molecule has 2 amide bonds. The molecule has 0 atom stereocenters. The monoisotopic (exact) mass is 296 g/mol. The van der Waals surface area contributed by atoms with Gasteiger partial charge < -0.3 is 0 Å². The topological polar surface area (TPSA) is 58.2 Å². The molecule has 0 radical (unpaired) electrons. The second-order valence-corrected chi connectivity index (χ2v) is 5.19. The van der Waals surface area contributed by atoms with Crippen molar-refractivity contribution in [2.45, 2.75) is 26.2 Å². The maximum absolute atomic E-state index is 11.8. The summed E-state index contributed by atoms with van der Waals surface area (Å²) in [6, 6.07) is 17.5. The standard InChI is InChI=1S/C18H20N2O2/c1-14-7-5-6-10-16(14)13-18(22)20-19-17(21)12-11-15-8-3-2-4-9-15/h2-10H,11-13H2,1H3,(H,19,21)(H,20,22). The van der Waals surface area contributed by atoms with Crippen LogP contribution in [-0.2, 0) is 22.4 Å². The van der Waals surface area contributed by atoms with Gasteiger partial charge in [-0.2, -0.15) is 0 Å². The molecule has 0 saturated heterocycles.